The van der Waals surface area contributed by atoms with Gasteiger partial charge in [0, 0.05) is 4.88 Å². The van der Waals surface area contributed by atoms with Crippen LogP contribution in [0.1, 0.15) is 54.1 Å². The molecule has 0 saturated carbocycles. The van der Waals surface area contributed by atoms with Crippen molar-refractivity contribution < 1.29 is 14.3 Å². The van der Waals surface area contributed by atoms with Crippen molar-refractivity contribution in [1.29, 1.82) is 0 Å². The Labute approximate surface area is 172 Å². The first-order valence-electron chi connectivity index (χ1n) is 8.69. The summed E-state index contributed by atoms with van der Waals surface area (Å²) >= 11 is 4.85. The molecule has 2 rings (SSSR count). The van der Waals surface area contributed by atoms with Gasteiger partial charge in [-0.1, -0.05) is 33.8 Å². The lowest BCUT2D eigenvalue weighted by Crippen LogP contribution is -2.22. The molecule has 1 heterocycles. The van der Waals surface area contributed by atoms with E-state index in [2.05, 4.69) is 42.0 Å². The molecular formula is C20H25BrN2O3S. The molecule has 2 aromatic rings. The highest BCUT2D eigenvalue weighted by molar-refractivity contribution is 9.10. The zero-order valence-electron chi connectivity index (χ0n) is 16.2. The number of aryl methyl sites for hydroxylation is 1. The topological polar surface area (TPSA) is 81.4 Å². The highest BCUT2D eigenvalue weighted by Gasteiger charge is 2.21. The standard InChI is InChI=1S/C20H25BrN2O3S/c1-6-13-11(2)27-19(17(13)18(22)25)23-16(24)10-26-15-8-7-12(9-14(15)21)20(3,4)5/h7-9H,6,10H2,1-5H3,(H2,22,25)(H,23,24). The van der Waals surface area contributed by atoms with Gasteiger partial charge in [-0.15, -0.1) is 11.3 Å². The maximum Gasteiger partial charge on any atom is 0.262 e. The fraction of sp³-hybridized carbons (Fsp3) is 0.400. The molecule has 0 unspecified atom stereocenters. The fourth-order valence-corrected chi connectivity index (χ4v) is 4.40. The van der Waals surface area contributed by atoms with Crippen LogP contribution in [-0.4, -0.2) is 18.4 Å². The fourth-order valence-electron chi connectivity index (χ4n) is 2.74. The van der Waals surface area contributed by atoms with Crippen molar-refractivity contribution in [3.05, 3.63) is 44.2 Å². The van der Waals surface area contributed by atoms with Crippen LogP contribution in [0.15, 0.2) is 22.7 Å². The molecule has 1 aromatic carbocycles. The molecule has 0 saturated heterocycles. The maximum atomic E-state index is 12.3. The maximum absolute atomic E-state index is 12.3. The van der Waals surface area contributed by atoms with Gasteiger partial charge in [-0.05, 0) is 57.9 Å². The normalized spacial score (nSPS) is 11.3. The van der Waals surface area contributed by atoms with Gasteiger partial charge >= 0.3 is 0 Å². The van der Waals surface area contributed by atoms with Crippen LogP contribution in [0.2, 0.25) is 0 Å². The summed E-state index contributed by atoms with van der Waals surface area (Å²) in [4.78, 5) is 25.1. The van der Waals surface area contributed by atoms with Crippen molar-refractivity contribution in [2.75, 3.05) is 11.9 Å². The number of amides is 2. The molecule has 0 bridgehead atoms. The molecule has 3 N–H and O–H groups in total. The monoisotopic (exact) mass is 452 g/mol. The zero-order chi connectivity index (χ0) is 20.4. The van der Waals surface area contributed by atoms with E-state index in [1.54, 1.807) is 0 Å². The summed E-state index contributed by atoms with van der Waals surface area (Å²) in [6.07, 6.45) is 0.681. The number of carbonyl (C=O) groups excluding carboxylic acids is 2. The third kappa shape index (κ3) is 5.11. The highest BCUT2D eigenvalue weighted by atomic mass is 79.9. The number of halogens is 1. The van der Waals surface area contributed by atoms with E-state index in [4.69, 9.17) is 10.5 Å². The first-order valence-corrected chi connectivity index (χ1v) is 10.3. The minimum absolute atomic E-state index is 0.0254. The predicted octanol–water partition coefficient (Wildman–Crippen LogP) is 4.80. The number of primary amides is 1. The van der Waals surface area contributed by atoms with E-state index in [1.807, 2.05) is 32.0 Å². The number of anilines is 1. The summed E-state index contributed by atoms with van der Waals surface area (Å²) in [5.41, 5.74) is 7.96. The summed E-state index contributed by atoms with van der Waals surface area (Å²) in [5.74, 6) is -0.286. The van der Waals surface area contributed by atoms with Crippen LogP contribution in [0.25, 0.3) is 0 Å². The van der Waals surface area contributed by atoms with Gasteiger partial charge in [0.2, 0.25) is 0 Å². The Morgan fingerprint density at radius 3 is 2.48 bits per heavy atom. The van der Waals surface area contributed by atoms with Crippen LogP contribution < -0.4 is 15.8 Å². The molecular weight excluding hydrogens is 428 g/mol. The summed E-state index contributed by atoms with van der Waals surface area (Å²) < 4.78 is 6.42. The minimum atomic E-state index is -0.534. The van der Waals surface area contributed by atoms with Gasteiger partial charge in [0.1, 0.15) is 10.8 Å². The van der Waals surface area contributed by atoms with E-state index >= 15 is 0 Å². The van der Waals surface area contributed by atoms with Crippen molar-refractivity contribution in [2.45, 2.75) is 46.5 Å². The van der Waals surface area contributed by atoms with Crippen molar-refractivity contribution in [3.8, 4) is 5.75 Å². The number of nitrogens with one attached hydrogen (secondary N) is 1. The number of hydrogen-bond acceptors (Lipinski definition) is 4. The van der Waals surface area contributed by atoms with E-state index in [9.17, 15) is 9.59 Å². The number of ether oxygens (including phenoxy) is 1. The van der Waals surface area contributed by atoms with Crippen molar-refractivity contribution >= 4 is 44.1 Å². The van der Waals surface area contributed by atoms with E-state index in [0.717, 1.165) is 14.9 Å². The molecule has 0 aliphatic heterocycles. The molecule has 1 aromatic heterocycles. The number of thiophene rings is 1. The third-order valence-corrected chi connectivity index (χ3v) is 5.90. The summed E-state index contributed by atoms with van der Waals surface area (Å²) in [6, 6.07) is 5.82. The first kappa shape index (κ1) is 21.4. The molecule has 146 valence electrons. The van der Waals surface area contributed by atoms with Crippen LogP contribution in [-0.2, 0) is 16.6 Å². The minimum Gasteiger partial charge on any atom is -0.483 e. The average Bonchev–Trinajstić information content (AvgIpc) is 2.87. The second-order valence-electron chi connectivity index (χ2n) is 7.29. The Balaban J connectivity index is 2.09. The average molecular weight is 453 g/mol. The molecule has 0 aliphatic rings. The molecule has 0 fully saturated rings. The second-order valence-corrected chi connectivity index (χ2v) is 9.37. The molecule has 0 atom stereocenters. The molecule has 7 heteroatoms. The van der Waals surface area contributed by atoms with Gasteiger partial charge in [0.25, 0.3) is 11.8 Å². The molecule has 0 radical (unpaired) electrons. The quantitative estimate of drug-likeness (QED) is 0.660. The predicted molar refractivity (Wildman–Crippen MR) is 114 cm³/mol. The molecule has 27 heavy (non-hydrogen) atoms. The number of benzene rings is 1. The Kier molecular flexibility index (Phi) is 6.70. The lowest BCUT2D eigenvalue weighted by atomic mass is 9.87. The van der Waals surface area contributed by atoms with Crippen LogP contribution in [0, 0.1) is 6.92 Å². The summed E-state index contributed by atoms with van der Waals surface area (Å²) in [5, 5.41) is 3.23. The van der Waals surface area contributed by atoms with E-state index in [1.165, 1.54) is 16.9 Å². The largest absolute Gasteiger partial charge is 0.483 e. The van der Waals surface area contributed by atoms with E-state index in [-0.39, 0.29) is 17.9 Å². The van der Waals surface area contributed by atoms with Crippen molar-refractivity contribution in [2.24, 2.45) is 5.73 Å². The number of rotatable bonds is 6. The van der Waals surface area contributed by atoms with Crippen LogP contribution >= 0.6 is 27.3 Å². The Morgan fingerprint density at radius 1 is 1.30 bits per heavy atom. The second kappa shape index (κ2) is 8.44. The number of nitrogens with two attached hydrogens (primary N) is 1. The molecule has 2 amide bonds. The lowest BCUT2D eigenvalue weighted by Gasteiger charge is -2.20. The first-order chi connectivity index (χ1) is 12.5. The van der Waals surface area contributed by atoms with Gasteiger partial charge in [-0.25, -0.2) is 0 Å². The number of hydrogen-bond donors (Lipinski definition) is 2. The highest BCUT2D eigenvalue weighted by Crippen LogP contribution is 2.34. The smallest absolute Gasteiger partial charge is 0.262 e. The Hall–Kier alpha value is -1.86. The van der Waals surface area contributed by atoms with Gasteiger partial charge in [-0.3, -0.25) is 9.59 Å². The van der Waals surface area contributed by atoms with Crippen LogP contribution in [0.4, 0.5) is 5.00 Å². The van der Waals surface area contributed by atoms with E-state index < -0.39 is 5.91 Å². The van der Waals surface area contributed by atoms with Crippen molar-refractivity contribution in [1.82, 2.24) is 0 Å². The number of carbonyl (C=O) groups is 2. The zero-order valence-corrected chi connectivity index (χ0v) is 18.6. The van der Waals surface area contributed by atoms with Crippen LogP contribution in [0.3, 0.4) is 0 Å². The van der Waals surface area contributed by atoms with Crippen molar-refractivity contribution in [3.63, 3.8) is 0 Å². The van der Waals surface area contributed by atoms with Gasteiger partial charge in [0.15, 0.2) is 6.61 Å². The van der Waals surface area contributed by atoms with Crippen LogP contribution in [0.5, 0.6) is 5.75 Å². The summed E-state index contributed by atoms with van der Waals surface area (Å²) in [7, 11) is 0. The SMILES string of the molecule is CCc1c(C)sc(NC(=O)COc2ccc(C(C)(C)C)cc2Br)c1C(N)=O. The van der Waals surface area contributed by atoms with Gasteiger partial charge in [0.05, 0.1) is 10.0 Å². The lowest BCUT2D eigenvalue weighted by molar-refractivity contribution is -0.118. The van der Waals surface area contributed by atoms with E-state index in [0.29, 0.717) is 22.7 Å². The molecule has 5 nitrogen and oxygen atoms in total. The Morgan fingerprint density at radius 2 is 1.96 bits per heavy atom. The third-order valence-electron chi connectivity index (χ3n) is 4.22. The summed E-state index contributed by atoms with van der Waals surface area (Å²) in [6.45, 7) is 10.1. The Bertz CT molecular complexity index is 869. The molecule has 0 spiro atoms. The molecule has 0 aliphatic carbocycles. The van der Waals surface area contributed by atoms with Gasteiger partial charge in [-0.2, -0.15) is 0 Å². The van der Waals surface area contributed by atoms with Gasteiger partial charge < -0.3 is 15.8 Å².